The smallest absolute Gasteiger partial charge is 0.203 e. The molecular formula is C14H18O3. The lowest BCUT2D eigenvalue weighted by Gasteiger charge is -2.14. The molecule has 92 valence electrons. The molecule has 0 atom stereocenters. The molecule has 1 aliphatic carbocycles. The van der Waals surface area contributed by atoms with Gasteiger partial charge in [0.25, 0.3) is 0 Å². The Kier molecular flexibility index (Phi) is 3.57. The summed E-state index contributed by atoms with van der Waals surface area (Å²) in [4.78, 5) is 0. The maximum Gasteiger partial charge on any atom is 0.203 e. The van der Waals surface area contributed by atoms with Crippen molar-refractivity contribution in [3.8, 4) is 17.2 Å². The molecule has 0 N–H and O–H groups in total. The third-order valence-electron chi connectivity index (χ3n) is 3.08. The third kappa shape index (κ3) is 2.23. The van der Waals surface area contributed by atoms with Crippen LogP contribution in [0.5, 0.6) is 17.2 Å². The second kappa shape index (κ2) is 5.13. The predicted octanol–water partition coefficient (Wildman–Crippen LogP) is 3.28. The molecule has 0 heterocycles. The van der Waals surface area contributed by atoms with Crippen molar-refractivity contribution in [1.82, 2.24) is 0 Å². The van der Waals surface area contributed by atoms with E-state index in [-0.39, 0.29) is 0 Å². The molecule has 1 aromatic carbocycles. The van der Waals surface area contributed by atoms with Gasteiger partial charge in [0.05, 0.1) is 21.3 Å². The topological polar surface area (TPSA) is 27.7 Å². The van der Waals surface area contributed by atoms with E-state index in [2.05, 4.69) is 6.08 Å². The van der Waals surface area contributed by atoms with Gasteiger partial charge in [0.1, 0.15) is 0 Å². The Morgan fingerprint density at radius 1 is 0.941 bits per heavy atom. The Balaban J connectivity index is 2.48. The van der Waals surface area contributed by atoms with Crippen molar-refractivity contribution in [1.29, 1.82) is 0 Å². The molecule has 3 heteroatoms. The van der Waals surface area contributed by atoms with E-state index < -0.39 is 0 Å². The number of benzene rings is 1. The van der Waals surface area contributed by atoms with Crippen LogP contribution in [0.3, 0.4) is 0 Å². The van der Waals surface area contributed by atoms with Crippen LogP contribution in [0, 0.1) is 0 Å². The molecule has 0 bridgehead atoms. The van der Waals surface area contributed by atoms with Gasteiger partial charge in [0, 0.05) is 0 Å². The SMILES string of the molecule is COc1cc(C2=CCCC2)cc(OC)c1OC. The zero-order valence-electron chi connectivity index (χ0n) is 10.6. The summed E-state index contributed by atoms with van der Waals surface area (Å²) in [6.07, 6.45) is 5.79. The molecule has 0 saturated carbocycles. The molecule has 0 aliphatic heterocycles. The fourth-order valence-electron chi connectivity index (χ4n) is 2.20. The molecule has 0 spiro atoms. The lowest BCUT2D eigenvalue weighted by Crippen LogP contribution is -1.96. The van der Waals surface area contributed by atoms with Gasteiger partial charge < -0.3 is 14.2 Å². The number of rotatable bonds is 4. The summed E-state index contributed by atoms with van der Waals surface area (Å²) >= 11 is 0. The molecular weight excluding hydrogens is 216 g/mol. The average molecular weight is 234 g/mol. The average Bonchev–Trinajstić information content (AvgIpc) is 2.90. The zero-order chi connectivity index (χ0) is 12.3. The number of allylic oxidation sites excluding steroid dienone is 2. The first-order chi connectivity index (χ1) is 8.30. The molecule has 0 radical (unpaired) electrons. The monoisotopic (exact) mass is 234 g/mol. The third-order valence-corrected chi connectivity index (χ3v) is 3.08. The van der Waals surface area contributed by atoms with Gasteiger partial charge in [-0.15, -0.1) is 0 Å². The summed E-state index contributed by atoms with van der Waals surface area (Å²) in [5, 5.41) is 0. The molecule has 17 heavy (non-hydrogen) atoms. The first kappa shape index (κ1) is 11.8. The standard InChI is InChI=1S/C14H18O3/c1-15-12-8-11(10-6-4-5-7-10)9-13(16-2)14(12)17-3/h6,8-9H,4-5,7H2,1-3H3. The highest BCUT2D eigenvalue weighted by atomic mass is 16.5. The summed E-state index contributed by atoms with van der Waals surface area (Å²) < 4.78 is 16.0. The van der Waals surface area contributed by atoms with Crippen molar-refractivity contribution in [2.24, 2.45) is 0 Å². The minimum atomic E-state index is 0.650. The van der Waals surface area contributed by atoms with E-state index in [1.807, 2.05) is 12.1 Å². The molecule has 1 aliphatic rings. The quantitative estimate of drug-likeness (QED) is 0.800. The Morgan fingerprint density at radius 2 is 1.59 bits per heavy atom. The molecule has 0 fully saturated rings. The van der Waals surface area contributed by atoms with Crippen LogP contribution in [0.2, 0.25) is 0 Å². The molecule has 3 nitrogen and oxygen atoms in total. The van der Waals surface area contributed by atoms with Crippen LogP contribution >= 0.6 is 0 Å². The minimum absolute atomic E-state index is 0.650. The molecule has 2 rings (SSSR count). The zero-order valence-corrected chi connectivity index (χ0v) is 10.6. The fourth-order valence-corrected chi connectivity index (χ4v) is 2.20. The normalized spacial score (nSPS) is 14.4. The first-order valence-electron chi connectivity index (χ1n) is 5.79. The van der Waals surface area contributed by atoms with Crippen LogP contribution in [0.1, 0.15) is 24.8 Å². The van der Waals surface area contributed by atoms with Crippen molar-refractivity contribution in [3.63, 3.8) is 0 Å². The van der Waals surface area contributed by atoms with Crippen molar-refractivity contribution in [2.75, 3.05) is 21.3 Å². The Bertz CT molecular complexity index is 410. The van der Waals surface area contributed by atoms with Gasteiger partial charge in [0.15, 0.2) is 11.5 Å². The van der Waals surface area contributed by atoms with Crippen LogP contribution in [-0.2, 0) is 0 Å². The minimum Gasteiger partial charge on any atom is -0.493 e. The Hall–Kier alpha value is -1.64. The van der Waals surface area contributed by atoms with Crippen molar-refractivity contribution >= 4 is 5.57 Å². The van der Waals surface area contributed by atoms with Crippen molar-refractivity contribution in [3.05, 3.63) is 23.8 Å². The van der Waals surface area contributed by atoms with E-state index in [1.165, 1.54) is 12.0 Å². The van der Waals surface area contributed by atoms with E-state index in [0.29, 0.717) is 5.75 Å². The van der Waals surface area contributed by atoms with E-state index in [4.69, 9.17) is 14.2 Å². The van der Waals surface area contributed by atoms with Crippen LogP contribution in [-0.4, -0.2) is 21.3 Å². The largest absolute Gasteiger partial charge is 0.493 e. The summed E-state index contributed by atoms with van der Waals surface area (Å²) in [7, 11) is 4.91. The predicted molar refractivity (Wildman–Crippen MR) is 67.9 cm³/mol. The molecule has 0 amide bonds. The van der Waals surface area contributed by atoms with Crippen LogP contribution < -0.4 is 14.2 Å². The summed E-state index contributed by atoms with van der Waals surface area (Å²) in [5.74, 6) is 2.08. The van der Waals surface area contributed by atoms with E-state index >= 15 is 0 Å². The fraction of sp³-hybridized carbons (Fsp3) is 0.429. The van der Waals surface area contributed by atoms with Crippen molar-refractivity contribution in [2.45, 2.75) is 19.3 Å². The van der Waals surface area contributed by atoms with Gasteiger partial charge in [-0.1, -0.05) is 6.08 Å². The van der Waals surface area contributed by atoms with E-state index in [9.17, 15) is 0 Å². The molecule has 0 saturated heterocycles. The molecule has 1 aromatic rings. The maximum absolute atomic E-state index is 5.35. The van der Waals surface area contributed by atoms with Gasteiger partial charge in [-0.25, -0.2) is 0 Å². The highest BCUT2D eigenvalue weighted by molar-refractivity contribution is 5.72. The van der Waals surface area contributed by atoms with Gasteiger partial charge in [-0.3, -0.25) is 0 Å². The first-order valence-corrected chi connectivity index (χ1v) is 5.79. The lowest BCUT2D eigenvalue weighted by molar-refractivity contribution is 0.324. The number of hydrogen-bond donors (Lipinski definition) is 0. The summed E-state index contributed by atoms with van der Waals surface area (Å²) in [5.41, 5.74) is 2.53. The molecule has 0 unspecified atom stereocenters. The van der Waals surface area contributed by atoms with Gasteiger partial charge in [0.2, 0.25) is 5.75 Å². The van der Waals surface area contributed by atoms with E-state index in [0.717, 1.165) is 29.9 Å². The second-order valence-corrected chi connectivity index (χ2v) is 4.04. The Morgan fingerprint density at radius 3 is 2.00 bits per heavy atom. The molecule has 0 aromatic heterocycles. The highest BCUT2D eigenvalue weighted by Crippen LogP contribution is 2.41. The lowest BCUT2D eigenvalue weighted by atomic mass is 10.0. The van der Waals surface area contributed by atoms with Gasteiger partial charge in [-0.2, -0.15) is 0 Å². The maximum atomic E-state index is 5.35. The van der Waals surface area contributed by atoms with Crippen LogP contribution in [0.4, 0.5) is 0 Å². The van der Waals surface area contributed by atoms with Crippen LogP contribution in [0.15, 0.2) is 18.2 Å². The van der Waals surface area contributed by atoms with Gasteiger partial charge in [-0.05, 0) is 42.5 Å². The summed E-state index contributed by atoms with van der Waals surface area (Å²) in [6.45, 7) is 0. The van der Waals surface area contributed by atoms with E-state index in [1.54, 1.807) is 21.3 Å². The highest BCUT2D eigenvalue weighted by Gasteiger charge is 2.16. The summed E-state index contributed by atoms with van der Waals surface area (Å²) in [6, 6.07) is 4.02. The number of methoxy groups -OCH3 is 3. The number of hydrogen-bond acceptors (Lipinski definition) is 3. The van der Waals surface area contributed by atoms with Crippen LogP contribution in [0.25, 0.3) is 5.57 Å². The van der Waals surface area contributed by atoms with Crippen molar-refractivity contribution < 1.29 is 14.2 Å². The van der Waals surface area contributed by atoms with Gasteiger partial charge >= 0.3 is 0 Å². The number of ether oxygens (including phenoxy) is 3. The Labute approximate surface area is 102 Å². The second-order valence-electron chi connectivity index (χ2n) is 4.04.